The van der Waals surface area contributed by atoms with Crippen LogP contribution in [0.2, 0.25) is 20.2 Å². The van der Waals surface area contributed by atoms with Gasteiger partial charge in [-0.25, -0.2) is 4.98 Å². The van der Waals surface area contributed by atoms with Gasteiger partial charge < -0.3 is 4.74 Å². The quantitative estimate of drug-likeness (QED) is 0.823. The summed E-state index contributed by atoms with van der Waals surface area (Å²) < 4.78 is 5.48. The summed E-state index contributed by atoms with van der Waals surface area (Å²) in [5.41, 5.74) is 0.612. The van der Waals surface area contributed by atoms with Crippen molar-refractivity contribution in [3.05, 3.63) is 50.4 Å². The van der Waals surface area contributed by atoms with Gasteiger partial charge in [-0.15, -0.1) is 0 Å². The van der Waals surface area contributed by atoms with Gasteiger partial charge in [0, 0.05) is 5.02 Å². The summed E-state index contributed by atoms with van der Waals surface area (Å²) in [5.74, 6) is 0.361. The van der Waals surface area contributed by atoms with Crippen LogP contribution in [0.5, 0.6) is 5.75 Å². The fraction of sp³-hybridized carbons (Fsp3) is 0.0909. The van der Waals surface area contributed by atoms with Gasteiger partial charge in [-0.3, -0.25) is 4.98 Å². The van der Waals surface area contributed by atoms with Crippen molar-refractivity contribution in [1.82, 2.24) is 9.97 Å². The highest BCUT2D eigenvalue weighted by Crippen LogP contribution is 2.36. The molecule has 0 unspecified atom stereocenters. The van der Waals surface area contributed by atoms with E-state index in [1.165, 1.54) is 12.4 Å². The summed E-state index contributed by atoms with van der Waals surface area (Å²) in [7, 11) is 0. The van der Waals surface area contributed by atoms with Gasteiger partial charge in [0.15, 0.2) is 5.75 Å². The topological polar surface area (TPSA) is 35.0 Å². The van der Waals surface area contributed by atoms with Crippen LogP contribution in [0.3, 0.4) is 0 Å². The van der Waals surface area contributed by atoms with Crippen molar-refractivity contribution in [2.24, 2.45) is 0 Å². The lowest BCUT2D eigenvalue weighted by atomic mass is 10.3. The largest absolute Gasteiger partial charge is 0.484 e. The van der Waals surface area contributed by atoms with E-state index in [0.717, 1.165) is 0 Å². The summed E-state index contributed by atoms with van der Waals surface area (Å²) >= 11 is 23.4. The summed E-state index contributed by atoms with van der Waals surface area (Å²) in [6.45, 7) is 0.186. The SMILES string of the molecule is Clc1cc(Cl)c(OCc2cnc(Cl)cn2)c(Cl)c1. The van der Waals surface area contributed by atoms with Gasteiger partial charge in [0.2, 0.25) is 0 Å². The Morgan fingerprint density at radius 1 is 0.944 bits per heavy atom. The van der Waals surface area contributed by atoms with Gasteiger partial charge in [0.05, 0.1) is 28.1 Å². The monoisotopic (exact) mass is 322 g/mol. The van der Waals surface area contributed by atoms with Crippen LogP contribution >= 0.6 is 46.4 Å². The third-order valence-electron chi connectivity index (χ3n) is 2.00. The van der Waals surface area contributed by atoms with Crippen LogP contribution in [0.1, 0.15) is 5.69 Å². The van der Waals surface area contributed by atoms with E-state index < -0.39 is 0 Å². The Hall–Kier alpha value is -0.740. The lowest BCUT2D eigenvalue weighted by Crippen LogP contribution is -1.99. The van der Waals surface area contributed by atoms with E-state index in [1.807, 2.05) is 0 Å². The highest BCUT2D eigenvalue weighted by atomic mass is 35.5. The number of benzene rings is 1. The Morgan fingerprint density at radius 3 is 2.17 bits per heavy atom. The number of hydrogen-bond acceptors (Lipinski definition) is 3. The molecule has 0 amide bonds. The molecule has 0 aliphatic carbocycles. The van der Waals surface area contributed by atoms with Gasteiger partial charge in [0.25, 0.3) is 0 Å². The molecule has 3 nitrogen and oxygen atoms in total. The molecule has 94 valence electrons. The number of nitrogens with zero attached hydrogens (tertiary/aromatic N) is 2. The molecule has 0 saturated carbocycles. The maximum absolute atomic E-state index is 5.98. The molecule has 7 heteroatoms. The van der Waals surface area contributed by atoms with Gasteiger partial charge in [-0.2, -0.15) is 0 Å². The van der Waals surface area contributed by atoms with Crippen molar-refractivity contribution in [2.45, 2.75) is 6.61 Å². The molecule has 0 aliphatic heterocycles. The van der Waals surface area contributed by atoms with E-state index in [2.05, 4.69) is 9.97 Å². The molecule has 0 aliphatic rings. The fourth-order valence-electron chi connectivity index (χ4n) is 1.23. The number of aromatic nitrogens is 2. The Kier molecular flexibility index (Phi) is 4.51. The van der Waals surface area contributed by atoms with E-state index in [-0.39, 0.29) is 6.61 Å². The van der Waals surface area contributed by atoms with Gasteiger partial charge in [-0.1, -0.05) is 46.4 Å². The summed E-state index contributed by atoms with van der Waals surface area (Å²) in [5, 5.41) is 1.45. The fourth-order valence-corrected chi connectivity index (χ4v) is 2.25. The van der Waals surface area contributed by atoms with Crippen molar-refractivity contribution >= 4 is 46.4 Å². The lowest BCUT2D eigenvalue weighted by molar-refractivity contribution is 0.301. The molecule has 1 aromatic carbocycles. The molecule has 0 saturated heterocycles. The first-order valence-electron chi connectivity index (χ1n) is 4.80. The Morgan fingerprint density at radius 2 is 1.61 bits per heavy atom. The molecule has 0 bridgehead atoms. The summed E-state index contributed by atoms with van der Waals surface area (Å²) in [4.78, 5) is 7.92. The Bertz CT molecular complexity index is 536. The van der Waals surface area contributed by atoms with Gasteiger partial charge in [-0.05, 0) is 12.1 Å². The third kappa shape index (κ3) is 3.39. The van der Waals surface area contributed by atoms with Crippen LogP contribution in [-0.4, -0.2) is 9.97 Å². The predicted molar refractivity (Wildman–Crippen MR) is 72.8 cm³/mol. The maximum atomic E-state index is 5.98. The first-order valence-corrected chi connectivity index (χ1v) is 6.31. The van der Waals surface area contributed by atoms with Crippen LogP contribution in [0, 0.1) is 0 Å². The van der Waals surface area contributed by atoms with E-state index in [9.17, 15) is 0 Å². The average Bonchev–Trinajstić information content (AvgIpc) is 2.30. The minimum atomic E-state index is 0.186. The second kappa shape index (κ2) is 5.93. The zero-order chi connectivity index (χ0) is 13.1. The van der Waals surface area contributed by atoms with Crippen LogP contribution in [-0.2, 0) is 6.61 Å². The zero-order valence-electron chi connectivity index (χ0n) is 8.83. The van der Waals surface area contributed by atoms with Crippen LogP contribution in [0.15, 0.2) is 24.5 Å². The highest BCUT2D eigenvalue weighted by Gasteiger charge is 2.09. The molecule has 0 spiro atoms. The lowest BCUT2D eigenvalue weighted by Gasteiger charge is -2.09. The second-order valence-electron chi connectivity index (χ2n) is 3.32. The molecule has 0 radical (unpaired) electrons. The van der Waals surface area contributed by atoms with Crippen molar-refractivity contribution in [3.63, 3.8) is 0 Å². The van der Waals surface area contributed by atoms with E-state index in [1.54, 1.807) is 12.1 Å². The van der Waals surface area contributed by atoms with Crippen LogP contribution in [0.4, 0.5) is 0 Å². The first kappa shape index (κ1) is 13.7. The van der Waals surface area contributed by atoms with Gasteiger partial charge >= 0.3 is 0 Å². The molecule has 18 heavy (non-hydrogen) atoms. The van der Waals surface area contributed by atoms with Crippen LogP contribution < -0.4 is 4.74 Å². The van der Waals surface area contributed by atoms with Crippen molar-refractivity contribution < 1.29 is 4.74 Å². The highest BCUT2D eigenvalue weighted by molar-refractivity contribution is 6.40. The molecule has 2 rings (SSSR count). The molecule has 2 aromatic rings. The number of rotatable bonds is 3. The average molecular weight is 324 g/mol. The number of halogens is 4. The van der Waals surface area contributed by atoms with Gasteiger partial charge in [0.1, 0.15) is 11.8 Å². The number of hydrogen-bond donors (Lipinski definition) is 0. The molecule has 1 heterocycles. The number of ether oxygens (including phenoxy) is 1. The standard InChI is InChI=1S/C11H6Cl4N2O/c12-6-1-8(13)11(9(14)2-6)18-5-7-3-17-10(15)4-16-7/h1-4H,5H2. The summed E-state index contributed by atoms with van der Waals surface area (Å²) in [6.07, 6.45) is 2.95. The van der Waals surface area contributed by atoms with E-state index >= 15 is 0 Å². The molecule has 0 N–H and O–H groups in total. The molecular weight excluding hydrogens is 318 g/mol. The Balaban J connectivity index is 2.13. The molecule has 0 atom stereocenters. The minimum absolute atomic E-state index is 0.186. The summed E-state index contributed by atoms with van der Waals surface area (Å²) in [6, 6.07) is 3.11. The predicted octanol–water partition coefficient (Wildman–Crippen LogP) is 4.67. The van der Waals surface area contributed by atoms with Crippen molar-refractivity contribution in [3.8, 4) is 5.75 Å². The van der Waals surface area contributed by atoms with Crippen LogP contribution in [0.25, 0.3) is 0 Å². The normalized spacial score (nSPS) is 10.4. The maximum Gasteiger partial charge on any atom is 0.157 e. The van der Waals surface area contributed by atoms with E-state index in [0.29, 0.717) is 31.7 Å². The van der Waals surface area contributed by atoms with Crippen molar-refractivity contribution in [1.29, 1.82) is 0 Å². The molecule has 1 aromatic heterocycles. The molecular formula is C11H6Cl4N2O. The zero-order valence-corrected chi connectivity index (χ0v) is 11.9. The Labute approximate surface area is 124 Å². The third-order valence-corrected chi connectivity index (χ3v) is 2.98. The van der Waals surface area contributed by atoms with E-state index in [4.69, 9.17) is 51.1 Å². The first-order chi connectivity index (χ1) is 8.56. The molecule has 0 fully saturated rings. The van der Waals surface area contributed by atoms with Crippen molar-refractivity contribution in [2.75, 3.05) is 0 Å². The second-order valence-corrected chi connectivity index (χ2v) is 4.96. The smallest absolute Gasteiger partial charge is 0.157 e. The minimum Gasteiger partial charge on any atom is -0.484 e.